The zero-order valence-electron chi connectivity index (χ0n) is 11.3. The van der Waals surface area contributed by atoms with E-state index in [9.17, 15) is 4.79 Å². The van der Waals surface area contributed by atoms with Gasteiger partial charge in [-0.05, 0) is 30.3 Å². The van der Waals surface area contributed by atoms with Crippen molar-refractivity contribution in [3.8, 4) is 0 Å². The lowest BCUT2D eigenvalue weighted by molar-refractivity contribution is 0.0968. The van der Waals surface area contributed by atoms with Gasteiger partial charge in [-0.1, -0.05) is 34.1 Å². The molecular formula is C16H13BrN2O2. The lowest BCUT2D eigenvalue weighted by atomic mass is 10.2. The number of furan rings is 1. The highest BCUT2D eigenvalue weighted by molar-refractivity contribution is 9.10. The third-order valence-corrected chi connectivity index (χ3v) is 3.79. The number of anilines is 2. The Morgan fingerprint density at radius 3 is 2.67 bits per heavy atom. The van der Waals surface area contributed by atoms with Gasteiger partial charge in [0.1, 0.15) is 5.58 Å². The molecule has 5 heteroatoms. The van der Waals surface area contributed by atoms with Crippen molar-refractivity contribution in [3.05, 3.63) is 58.8 Å². The van der Waals surface area contributed by atoms with Crippen LogP contribution in [-0.2, 0) is 0 Å². The zero-order chi connectivity index (χ0) is 15.0. The smallest absolute Gasteiger partial charge is 0.293 e. The average Bonchev–Trinajstić information content (AvgIpc) is 2.89. The Labute approximate surface area is 130 Å². The molecule has 1 aromatic heterocycles. The first-order chi connectivity index (χ1) is 10.1. The minimum absolute atomic E-state index is 0.236. The quantitative estimate of drug-likeness (QED) is 0.713. The molecule has 0 bridgehead atoms. The number of nitrogen functional groups attached to an aromatic ring is 1. The number of para-hydroxylation sites is 1. The van der Waals surface area contributed by atoms with Gasteiger partial charge in [0.25, 0.3) is 5.91 Å². The predicted molar refractivity (Wildman–Crippen MR) is 87.5 cm³/mol. The van der Waals surface area contributed by atoms with Crippen LogP contribution in [0.2, 0.25) is 0 Å². The maximum atomic E-state index is 12.5. The highest BCUT2D eigenvalue weighted by atomic mass is 79.9. The molecule has 4 nitrogen and oxygen atoms in total. The standard InChI is InChI=1S/C16H13BrN2O2/c1-19(13-7-6-11(17)9-12(13)18)16(20)15-8-10-4-2-3-5-14(10)21-15/h2-9H,18H2,1H3. The third-order valence-electron chi connectivity index (χ3n) is 3.29. The number of nitrogens with two attached hydrogens (primary N) is 1. The highest BCUT2D eigenvalue weighted by Gasteiger charge is 2.19. The van der Waals surface area contributed by atoms with Gasteiger partial charge in [0.2, 0.25) is 0 Å². The van der Waals surface area contributed by atoms with Crippen LogP contribution in [0.1, 0.15) is 10.6 Å². The van der Waals surface area contributed by atoms with Crippen LogP contribution in [0.5, 0.6) is 0 Å². The van der Waals surface area contributed by atoms with E-state index in [1.165, 1.54) is 4.90 Å². The number of amides is 1. The van der Waals surface area contributed by atoms with Crippen molar-refractivity contribution in [2.24, 2.45) is 0 Å². The summed E-state index contributed by atoms with van der Waals surface area (Å²) in [5, 5.41) is 0.901. The summed E-state index contributed by atoms with van der Waals surface area (Å²) < 4.78 is 6.46. The molecule has 0 atom stereocenters. The lowest BCUT2D eigenvalue weighted by Crippen LogP contribution is -2.26. The highest BCUT2D eigenvalue weighted by Crippen LogP contribution is 2.28. The van der Waals surface area contributed by atoms with E-state index >= 15 is 0 Å². The molecule has 0 radical (unpaired) electrons. The molecule has 0 fully saturated rings. The maximum Gasteiger partial charge on any atom is 0.293 e. The van der Waals surface area contributed by atoms with E-state index in [0.29, 0.717) is 22.7 Å². The summed E-state index contributed by atoms with van der Waals surface area (Å²) in [4.78, 5) is 14.0. The lowest BCUT2D eigenvalue weighted by Gasteiger charge is -2.18. The second-order valence-electron chi connectivity index (χ2n) is 4.72. The molecule has 0 saturated carbocycles. The predicted octanol–water partition coefficient (Wildman–Crippen LogP) is 4.05. The van der Waals surface area contributed by atoms with Gasteiger partial charge in [-0.2, -0.15) is 0 Å². The molecule has 1 amide bonds. The van der Waals surface area contributed by atoms with Crippen LogP contribution in [0.25, 0.3) is 11.0 Å². The second kappa shape index (κ2) is 5.26. The number of nitrogens with zero attached hydrogens (tertiary/aromatic N) is 1. The van der Waals surface area contributed by atoms with Gasteiger partial charge in [0, 0.05) is 16.9 Å². The summed E-state index contributed by atoms with van der Waals surface area (Å²) in [6.07, 6.45) is 0. The number of hydrogen-bond donors (Lipinski definition) is 1. The van der Waals surface area contributed by atoms with Gasteiger partial charge in [-0.3, -0.25) is 4.79 Å². The summed E-state index contributed by atoms with van der Waals surface area (Å²) in [6, 6.07) is 14.7. The van der Waals surface area contributed by atoms with Crippen molar-refractivity contribution >= 4 is 44.2 Å². The van der Waals surface area contributed by atoms with E-state index < -0.39 is 0 Å². The number of carbonyl (C=O) groups is 1. The largest absolute Gasteiger partial charge is 0.451 e. The molecule has 0 spiro atoms. The molecule has 0 aliphatic rings. The molecule has 2 aromatic carbocycles. The summed E-state index contributed by atoms with van der Waals surface area (Å²) in [7, 11) is 1.68. The Balaban J connectivity index is 1.97. The Hall–Kier alpha value is -2.27. The van der Waals surface area contributed by atoms with Crippen LogP contribution < -0.4 is 10.6 Å². The SMILES string of the molecule is CN(C(=O)c1cc2ccccc2o1)c1ccc(Br)cc1N. The molecule has 3 rings (SSSR count). The first-order valence-corrected chi connectivity index (χ1v) is 7.17. The zero-order valence-corrected chi connectivity index (χ0v) is 12.9. The molecule has 0 aliphatic heterocycles. The van der Waals surface area contributed by atoms with Gasteiger partial charge in [0.05, 0.1) is 11.4 Å². The Morgan fingerprint density at radius 2 is 1.95 bits per heavy atom. The molecule has 0 saturated heterocycles. The van der Waals surface area contributed by atoms with Crippen LogP contribution in [0, 0.1) is 0 Å². The van der Waals surface area contributed by atoms with Crippen molar-refractivity contribution in [2.45, 2.75) is 0 Å². The number of benzene rings is 2. The van der Waals surface area contributed by atoms with Crippen LogP contribution in [-0.4, -0.2) is 13.0 Å². The van der Waals surface area contributed by atoms with Gasteiger partial charge in [0.15, 0.2) is 5.76 Å². The Bertz CT molecular complexity index is 793. The minimum Gasteiger partial charge on any atom is -0.451 e. The fourth-order valence-corrected chi connectivity index (χ4v) is 2.57. The fourth-order valence-electron chi connectivity index (χ4n) is 2.19. The van der Waals surface area contributed by atoms with Gasteiger partial charge in [-0.25, -0.2) is 0 Å². The summed E-state index contributed by atoms with van der Waals surface area (Å²) in [5.41, 5.74) is 7.82. The maximum absolute atomic E-state index is 12.5. The number of halogens is 1. The van der Waals surface area contributed by atoms with Gasteiger partial charge in [-0.15, -0.1) is 0 Å². The molecule has 0 unspecified atom stereocenters. The van der Waals surface area contributed by atoms with Crippen LogP contribution in [0.4, 0.5) is 11.4 Å². The summed E-state index contributed by atoms with van der Waals surface area (Å²) in [5.74, 6) is 0.0567. The first kappa shape index (κ1) is 13.7. The fraction of sp³-hybridized carbons (Fsp3) is 0.0625. The molecule has 0 aliphatic carbocycles. The van der Waals surface area contributed by atoms with Crippen molar-refractivity contribution in [1.82, 2.24) is 0 Å². The molecule has 21 heavy (non-hydrogen) atoms. The third kappa shape index (κ3) is 2.52. The Morgan fingerprint density at radius 1 is 1.19 bits per heavy atom. The van der Waals surface area contributed by atoms with Crippen molar-refractivity contribution < 1.29 is 9.21 Å². The number of fused-ring (bicyclic) bond motifs is 1. The molecular weight excluding hydrogens is 332 g/mol. The number of carbonyl (C=O) groups excluding carboxylic acids is 1. The summed E-state index contributed by atoms with van der Waals surface area (Å²) >= 11 is 3.35. The second-order valence-corrected chi connectivity index (χ2v) is 5.63. The van der Waals surface area contributed by atoms with Crippen LogP contribution >= 0.6 is 15.9 Å². The van der Waals surface area contributed by atoms with Gasteiger partial charge >= 0.3 is 0 Å². The normalized spacial score (nSPS) is 10.8. The van der Waals surface area contributed by atoms with E-state index in [-0.39, 0.29) is 5.91 Å². The van der Waals surface area contributed by atoms with E-state index in [1.807, 2.05) is 30.3 Å². The first-order valence-electron chi connectivity index (χ1n) is 6.38. The average molecular weight is 345 g/mol. The van der Waals surface area contributed by atoms with Crippen LogP contribution in [0.15, 0.2) is 57.4 Å². The van der Waals surface area contributed by atoms with E-state index in [0.717, 1.165) is 9.86 Å². The molecule has 3 aromatic rings. The molecule has 106 valence electrons. The summed E-state index contributed by atoms with van der Waals surface area (Å²) in [6.45, 7) is 0. The van der Waals surface area contributed by atoms with E-state index in [2.05, 4.69) is 15.9 Å². The van der Waals surface area contributed by atoms with Crippen molar-refractivity contribution in [3.63, 3.8) is 0 Å². The topological polar surface area (TPSA) is 59.5 Å². The Kier molecular flexibility index (Phi) is 3.43. The number of rotatable bonds is 2. The van der Waals surface area contributed by atoms with E-state index in [4.69, 9.17) is 10.2 Å². The van der Waals surface area contributed by atoms with Crippen molar-refractivity contribution in [1.29, 1.82) is 0 Å². The minimum atomic E-state index is -0.236. The van der Waals surface area contributed by atoms with Gasteiger partial charge < -0.3 is 15.1 Å². The number of hydrogen-bond acceptors (Lipinski definition) is 3. The molecule has 1 heterocycles. The van der Waals surface area contributed by atoms with Crippen molar-refractivity contribution in [2.75, 3.05) is 17.7 Å². The van der Waals surface area contributed by atoms with Crippen LogP contribution in [0.3, 0.4) is 0 Å². The van der Waals surface area contributed by atoms with E-state index in [1.54, 1.807) is 25.2 Å². The monoisotopic (exact) mass is 344 g/mol. The molecule has 2 N–H and O–H groups in total.